The number of rotatable bonds is 11. The summed E-state index contributed by atoms with van der Waals surface area (Å²) in [4.78, 5) is 10.8. The highest BCUT2D eigenvalue weighted by atomic mass is 32.2. The highest BCUT2D eigenvalue weighted by Gasteiger charge is 2.35. The molecule has 2 unspecified atom stereocenters. The third-order valence-corrected chi connectivity index (χ3v) is 9.32. The van der Waals surface area contributed by atoms with Crippen LogP contribution in [0.3, 0.4) is 0 Å². The van der Waals surface area contributed by atoms with Crippen LogP contribution in [0.1, 0.15) is 118 Å². The highest BCUT2D eigenvalue weighted by Crippen LogP contribution is 2.46. The van der Waals surface area contributed by atoms with Gasteiger partial charge in [-0.15, -0.1) is 0 Å². The van der Waals surface area contributed by atoms with Crippen LogP contribution in [0.5, 0.6) is 0 Å². The van der Waals surface area contributed by atoms with Crippen molar-refractivity contribution in [1.29, 1.82) is 0 Å². The number of thioether (sulfide) groups is 1. The number of hydrogen-bond acceptors (Lipinski definition) is 2. The molecule has 0 bridgehead atoms. The molecule has 1 heterocycles. The Labute approximate surface area is 235 Å². The molecular weight excluding hydrogens is 519 g/mol. The van der Waals surface area contributed by atoms with E-state index in [2.05, 4.69) is 37.5 Å². The van der Waals surface area contributed by atoms with Crippen LogP contribution in [-0.4, -0.2) is 20.7 Å². The number of hydrogen-bond donors (Lipinski definition) is 1. The second-order valence-electron chi connectivity index (χ2n) is 11.5. The van der Waals surface area contributed by atoms with Crippen LogP contribution in [0.25, 0.3) is 6.08 Å². The summed E-state index contributed by atoms with van der Waals surface area (Å²) in [5, 5.41) is 8.08. The second-order valence-corrected chi connectivity index (χ2v) is 12.6. The Kier molecular flexibility index (Phi) is 9.95. The minimum absolute atomic E-state index is 0.00241. The minimum atomic E-state index is -4.34. The van der Waals surface area contributed by atoms with Crippen molar-refractivity contribution >= 4 is 23.1 Å². The number of carboxylic acid groups (broad SMARTS) is 1. The molecule has 1 aromatic heterocycles. The summed E-state index contributed by atoms with van der Waals surface area (Å²) in [6.45, 7) is 6.70. The van der Waals surface area contributed by atoms with Crippen LogP contribution in [0, 0.1) is 11.8 Å². The topological polar surface area (TPSA) is 42.2 Å². The summed E-state index contributed by atoms with van der Waals surface area (Å²) in [5.41, 5.74) is 5.97. The van der Waals surface area contributed by atoms with Crippen molar-refractivity contribution in [3.05, 3.63) is 64.0 Å². The monoisotopic (exact) mass is 561 g/mol. The van der Waals surface area contributed by atoms with Gasteiger partial charge in [-0.1, -0.05) is 58.2 Å². The summed E-state index contributed by atoms with van der Waals surface area (Å²) in [6, 6.07) is 5.84. The standard InChI is InChI=1S/C32H42F3NO2S/c1-4-9-28(22-13-16-25(17-14-22)32(33,34)35)36-29-18-15-24(21(2)3)20-27(29)26-12-8-11-23(30(26)36)10-6-5-7-19-39-31(37)38/h13-18,21,23-24,28H,4-12,19-20H2,1-3H3,(H,37,38)/t23?,24?,28-/m0/s1. The van der Waals surface area contributed by atoms with Crippen molar-refractivity contribution in [3.63, 3.8) is 0 Å². The van der Waals surface area contributed by atoms with Gasteiger partial charge in [-0.3, -0.25) is 0 Å². The molecule has 1 aromatic carbocycles. The number of fused-ring (bicyclic) bond motifs is 3. The van der Waals surface area contributed by atoms with Crippen molar-refractivity contribution in [2.75, 3.05) is 5.75 Å². The van der Waals surface area contributed by atoms with Gasteiger partial charge in [-0.05, 0) is 109 Å². The third kappa shape index (κ3) is 6.96. The van der Waals surface area contributed by atoms with E-state index in [9.17, 15) is 18.0 Å². The normalized spacial score (nSPS) is 19.7. The van der Waals surface area contributed by atoms with E-state index in [4.69, 9.17) is 5.11 Å². The largest absolute Gasteiger partial charge is 0.473 e. The molecule has 214 valence electrons. The zero-order chi connectivity index (χ0) is 28.2. The Morgan fingerprint density at radius 2 is 1.87 bits per heavy atom. The second kappa shape index (κ2) is 13.0. The summed E-state index contributed by atoms with van der Waals surface area (Å²) >= 11 is 0.973. The lowest BCUT2D eigenvalue weighted by Crippen LogP contribution is -2.20. The fraction of sp³-hybridized carbons (Fsp3) is 0.594. The summed E-state index contributed by atoms with van der Waals surface area (Å²) in [6.07, 6.45) is 10.6. The van der Waals surface area contributed by atoms with Crippen molar-refractivity contribution in [2.45, 2.75) is 103 Å². The van der Waals surface area contributed by atoms with Gasteiger partial charge in [0.2, 0.25) is 0 Å². The maximum absolute atomic E-state index is 13.3. The smallest absolute Gasteiger partial charge is 0.416 e. The zero-order valence-corrected chi connectivity index (χ0v) is 24.2. The lowest BCUT2D eigenvalue weighted by atomic mass is 9.79. The first-order valence-electron chi connectivity index (χ1n) is 14.6. The van der Waals surface area contributed by atoms with Crippen LogP contribution >= 0.6 is 11.8 Å². The van der Waals surface area contributed by atoms with Gasteiger partial charge in [0.25, 0.3) is 0 Å². The Hall–Kier alpha value is -2.15. The quantitative estimate of drug-likeness (QED) is 0.278. The lowest BCUT2D eigenvalue weighted by Gasteiger charge is -2.31. The maximum atomic E-state index is 13.3. The first kappa shape index (κ1) is 29.8. The van der Waals surface area contributed by atoms with Gasteiger partial charge in [0.1, 0.15) is 0 Å². The average Bonchev–Trinajstić information content (AvgIpc) is 3.23. The molecule has 0 aliphatic heterocycles. The van der Waals surface area contributed by atoms with Gasteiger partial charge in [-0.2, -0.15) is 13.2 Å². The van der Waals surface area contributed by atoms with E-state index in [1.54, 1.807) is 12.1 Å². The molecule has 0 amide bonds. The number of carbonyl (C=O) groups is 1. The number of halogens is 3. The van der Waals surface area contributed by atoms with Crippen molar-refractivity contribution in [3.8, 4) is 0 Å². The molecule has 2 aromatic rings. The highest BCUT2D eigenvalue weighted by molar-refractivity contribution is 8.13. The Balaban J connectivity index is 1.71. The number of unbranched alkanes of at least 4 members (excludes halogenated alkanes) is 2. The van der Waals surface area contributed by atoms with Gasteiger partial charge in [0.05, 0.1) is 11.6 Å². The van der Waals surface area contributed by atoms with Crippen LogP contribution in [0.4, 0.5) is 18.0 Å². The lowest BCUT2D eigenvalue weighted by molar-refractivity contribution is -0.137. The molecule has 3 atom stereocenters. The molecule has 2 aliphatic rings. The number of nitrogens with zero attached hydrogens (tertiary/aromatic N) is 1. The molecule has 1 N–H and O–H groups in total. The third-order valence-electron chi connectivity index (χ3n) is 8.58. The molecule has 4 rings (SSSR count). The Morgan fingerprint density at radius 3 is 2.51 bits per heavy atom. The van der Waals surface area contributed by atoms with E-state index in [1.165, 1.54) is 34.6 Å². The Bertz CT molecular complexity index is 1150. The summed E-state index contributed by atoms with van der Waals surface area (Å²) < 4.78 is 42.5. The molecular formula is C32H42F3NO2S. The van der Waals surface area contributed by atoms with Crippen LogP contribution in [0.15, 0.2) is 30.3 Å². The molecule has 0 radical (unpaired) electrons. The summed E-state index contributed by atoms with van der Waals surface area (Å²) in [5.74, 6) is 2.12. The molecule has 2 aliphatic carbocycles. The predicted molar refractivity (Wildman–Crippen MR) is 155 cm³/mol. The van der Waals surface area contributed by atoms with Gasteiger partial charge < -0.3 is 9.67 Å². The number of benzene rings is 1. The van der Waals surface area contributed by atoms with Crippen LogP contribution in [0.2, 0.25) is 0 Å². The van der Waals surface area contributed by atoms with E-state index in [-0.39, 0.29) is 6.04 Å². The SMILES string of the molecule is CCC[C@@H](c1ccc(C(F)(F)F)cc1)n1c2c(c3c1C(CCCCCSC(=O)O)CCC3)CC(C(C)C)C=C2. The first-order chi connectivity index (χ1) is 18.6. The van der Waals surface area contributed by atoms with Crippen LogP contribution < -0.4 is 0 Å². The molecule has 39 heavy (non-hydrogen) atoms. The maximum Gasteiger partial charge on any atom is 0.416 e. The van der Waals surface area contributed by atoms with Gasteiger partial charge in [-0.25, -0.2) is 4.79 Å². The summed E-state index contributed by atoms with van der Waals surface area (Å²) in [7, 11) is 0. The molecule has 0 spiro atoms. The average molecular weight is 562 g/mol. The van der Waals surface area contributed by atoms with Crippen molar-refractivity contribution in [1.82, 2.24) is 4.57 Å². The number of alkyl halides is 3. The fourth-order valence-electron chi connectivity index (χ4n) is 6.56. The number of aromatic nitrogens is 1. The number of allylic oxidation sites excluding steroid dienone is 1. The molecule has 0 saturated heterocycles. The van der Waals surface area contributed by atoms with Crippen molar-refractivity contribution < 1.29 is 23.1 Å². The fourth-order valence-corrected chi connectivity index (χ4v) is 7.08. The van der Waals surface area contributed by atoms with E-state index in [0.29, 0.717) is 23.5 Å². The van der Waals surface area contributed by atoms with E-state index < -0.39 is 17.0 Å². The van der Waals surface area contributed by atoms with E-state index in [0.717, 1.165) is 81.5 Å². The van der Waals surface area contributed by atoms with Crippen molar-refractivity contribution in [2.24, 2.45) is 11.8 Å². The molecule has 0 fully saturated rings. The molecule has 0 saturated carbocycles. The van der Waals surface area contributed by atoms with E-state index >= 15 is 0 Å². The predicted octanol–water partition coefficient (Wildman–Crippen LogP) is 10.1. The Morgan fingerprint density at radius 1 is 1.13 bits per heavy atom. The van der Waals surface area contributed by atoms with Crippen LogP contribution in [-0.2, 0) is 19.0 Å². The molecule has 7 heteroatoms. The van der Waals surface area contributed by atoms with Gasteiger partial charge >= 0.3 is 11.5 Å². The minimum Gasteiger partial charge on any atom is -0.473 e. The molecule has 3 nitrogen and oxygen atoms in total. The first-order valence-corrected chi connectivity index (χ1v) is 15.6. The zero-order valence-electron chi connectivity index (χ0n) is 23.4. The van der Waals surface area contributed by atoms with Gasteiger partial charge in [0.15, 0.2) is 0 Å². The van der Waals surface area contributed by atoms with Gasteiger partial charge in [0, 0.05) is 17.1 Å². The van der Waals surface area contributed by atoms with E-state index in [1.807, 2.05) is 0 Å².